The van der Waals surface area contributed by atoms with Gasteiger partial charge in [0.15, 0.2) is 0 Å². The van der Waals surface area contributed by atoms with Crippen molar-refractivity contribution in [2.75, 3.05) is 0 Å². The van der Waals surface area contributed by atoms with E-state index in [-0.39, 0.29) is 6.10 Å². The van der Waals surface area contributed by atoms with Gasteiger partial charge in [-0.25, -0.2) is 0 Å². The van der Waals surface area contributed by atoms with E-state index in [1.807, 2.05) is 0 Å². The molecule has 0 aromatic heterocycles. The Morgan fingerprint density at radius 3 is 2.22 bits per heavy atom. The Hall–Kier alpha value is -0.0400. The molecule has 3 unspecified atom stereocenters. The lowest BCUT2D eigenvalue weighted by Gasteiger charge is -2.28. The van der Waals surface area contributed by atoms with Gasteiger partial charge in [-0.3, -0.25) is 0 Å². The largest absolute Gasteiger partial charge is 0.393 e. The summed E-state index contributed by atoms with van der Waals surface area (Å²) in [4.78, 5) is 0. The molecule has 1 aliphatic rings. The molecule has 0 aromatic carbocycles. The highest BCUT2D eigenvalue weighted by Gasteiger charge is 2.22. The number of hydrogen-bond donors (Lipinski definition) is 1. The minimum atomic E-state index is -0.00352. The maximum atomic E-state index is 9.20. The molecular weight excluding hydrogens is 112 g/mol. The van der Waals surface area contributed by atoms with Crippen LogP contribution in [0.5, 0.6) is 0 Å². The van der Waals surface area contributed by atoms with E-state index in [1.165, 1.54) is 6.42 Å². The molecule has 1 rings (SSSR count). The van der Waals surface area contributed by atoms with Gasteiger partial charge in [0.25, 0.3) is 0 Å². The van der Waals surface area contributed by atoms with E-state index in [9.17, 15) is 5.11 Å². The standard InChI is InChI=1S/C8H16O/c1-6-3-4-8(9)5-7(6)2/h6-9H,3-5H2,1-2H3. The molecule has 0 amide bonds. The molecule has 54 valence electrons. The number of hydrogen-bond acceptors (Lipinski definition) is 1. The molecule has 9 heavy (non-hydrogen) atoms. The highest BCUT2D eigenvalue weighted by atomic mass is 16.3. The van der Waals surface area contributed by atoms with Crippen molar-refractivity contribution in [2.45, 2.75) is 39.2 Å². The minimum Gasteiger partial charge on any atom is -0.393 e. The summed E-state index contributed by atoms with van der Waals surface area (Å²) < 4.78 is 0. The van der Waals surface area contributed by atoms with E-state index in [0.717, 1.165) is 24.7 Å². The fourth-order valence-electron chi connectivity index (χ4n) is 1.52. The Labute approximate surface area is 57.1 Å². The third-order valence-corrected chi connectivity index (χ3v) is 2.57. The van der Waals surface area contributed by atoms with Gasteiger partial charge in [-0.2, -0.15) is 0 Å². The molecule has 0 heterocycles. The van der Waals surface area contributed by atoms with Crippen LogP contribution >= 0.6 is 0 Å². The Morgan fingerprint density at radius 1 is 1.11 bits per heavy atom. The zero-order valence-electron chi connectivity index (χ0n) is 6.30. The van der Waals surface area contributed by atoms with Crippen molar-refractivity contribution in [3.63, 3.8) is 0 Å². The molecule has 0 saturated heterocycles. The maximum absolute atomic E-state index is 9.20. The van der Waals surface area contributed by atoms with Crippen LogP contribution in [0.4, 0.5) is 0 Å². The molecule has 0 spiro atoms. The molecule has 1 nitrogen and oxygen atoms in total. The topological polar surface area (TPSA) is 20.2 Å². The third kappa shape index (κ3) is 1.68. The highest BCUT2D eigenvalue weighted by Crippen LogP contribution is 2.28. The summed E-state index contributed by atoms with van der Waals surface area (Å²) in [7, 11) is 0. The average molecular weight is 128 g/mol. The Bertz CT molecular complexity index is 90.6. The quantitative estimate of drug-likeness (QED) is 0.527. The maximum Gasteiger partial charge on any atom is 0.0543 e. The first-order valence-corrected chi connectivity index (χ1v) is 3.88. The molecule has 0 radical (unpaired) electrons. The summed E-state index contributed by atoms with van der Waals surface area (Å²) >= 11 is 0. The van der Waals surface area contributed by atoms with Crippen molar-refractivity contribution in [3.8, 4) is 0 Å². The van der Waals surface area contributed by atoms with E-state index in [1.54, 1.807) is 0 Å². The smallest absolute Gasteiger partial charge is 0.0543 e. The van der Waals surface area contributed by atoms with Gasteiger partial charge < -0.3 is 5.11 Å². The van der Waals surface area contributed by atoms with Crippen molar-refractivity contribution in [1.29, 1.82) is 0 Å². The fourth-order valence-corrected chi connectivity index (χ4v) is 1.52. The van der Waals surface area contributed by atoms with Gasteiger partial charge in [0.2, 0.25) is 0 Å². The summed E-state index contributed by atoms with van der Waals surface area (Å²) in [5.41, 5.74) is 0. The first kappa shape index (κ1) is 7.07. The lowest BCUT2D eigenvalue weighted by Crippen LogP contribution is -2.23. The van der Waals surface area contributed by atoms with Crippen molar-refractivity contribution in [2.24, 2.45) is 11.8 Å². The molecule has 3 atom stereocenters. The SMILES string of the molecule is CC1CCC(O)CC1C. The molecule has 1 heteroatoms. The van der Waals surface area contributed by atoms with E-state index in [0.29, 0.717) is 0 Å². The van der Waals surface area contributed by atoms with Crippen LogP contribution in [-0.2, 0) is 0 Å². The summed E-state index contributed by atoms with van der Waals surface area (Å²) in [5, 5.41) is 9.20. The van der Waals surface area contributed by atoms with Crippen molar-refractivity contribution in [3.05, 3.63) is 0 Å². The monoisotopic (exact) mass is 128 g/mol. The number of rotatable bonds is 0. The Kier molecular flexibility index (Phi) is 2.12. The molecule has 0 aromatic rings. The van der Waals surface area contributed by atoms with Crippen LogP contribution in [0.3, 0.4) is 0 Å². The van der Waals surface area contributed by atoms with Crippen molar-refractivity contribution < 1.29 is 5.11 Å². The van der Waals surface area contributed by atoms with Crippen LogP contribution in [0.15, 0.2) is 0 Å². The second-order valence-corrected chi connectivity index (χ2v) is 3.42. The molecule has 1 fully saturated rings. The second kappa shape index (κ2) is 2.70. The van der Waals surface area contributed by atoms with Gasteiger partial charge in [0.1, 0.15) is 0 Å². The zero-order chi connectivity index (χ0) is 6.85. The molecule has 1 N–H and O–H groups in total. The second-order valence-electron chi connectivity index (χ2n) is 3.42. The number of aliphatic hydroxyl groups is 1. The summed E-state index contributed by atoms with van der Waals surface area (Å²) in [6, 6.07) is 0. The first-order valence-electron chi connectivity index (χ1n) is 3.88. The molecular formula is C8H16O. The van der Waals surface area contributed by atoms with Crippen molar-refractivity contribution >= 4 is 0 Å². The summed E-state index contributed by atoms with van der Waals surface area (Å²) in [6.07, 6.45) is 3.24. The third-order valence-electron chi connectivity index (χ3n) is 2.57. The normalized spacial score (nSPS) is 45.0. The van der Waals surface area contributed by atoms with E-state index in [4.69, 9.17) is 0 Å². The average Bonchev–Trinajstić information content (AvgIpc) is 1.80. The van der Waals surface area contributed by atoms with Gasteiger partial charge in [-0.05, 0) is 31.1 Å². The molecule has 1 saturated carbocycles. The summed E-state index contributed by atoms with van der Waals surface area (Å²) in [6.45, 7) is 4.50. The number of aliphatic hydroxyl groups excluding tert-OH is 1. The minimum absolute atomic E-state index is 0.00352. The highest BCUT2D eigenvalue weighted by molar-refractivity contribution is 4.73. The predicted octanol–water partition coefficient (Wildman–Crippen LogP) is 1.80. The van der Waals surface area contributed by atoms with Gasteiger partial charge in [-0.1, -0.05) is 13.8 Å². The van der Waals surface area contributed by atoms with Gasteiger partial charge in [0.05, 0.1) is 6.10 Å². The van der Waals surface area contributed by atoms with Crippen LogP contribution in [0.25, 0.3) is 0 Å². The predicted molar refractivity (Wildman–Crippen MR) is 38.2 cm³/mol. The Morgan fingerprint density at radius 2 is 1.78 bits per heavy atom. The van der Waals surface area contributed by atoms with Crippen LogP contribution in [-0.4, -0.2) is 11.2 Å². The summed E-state index contributed by atoms with van der Waals surface area (Å²) in [5.74, 6) is 1.56. The van der Waals surface area contributed by atoms with E-state index < -0.39 is 0 Å². The van der Waals surface area contributed by atoms with Gasteiger partial charge in [0, 0.05) is 0 Å². The van der Waals surface area contributed by atoms with Crippen LogP contribution in [0.2, 0.25) is 0 Å². The van der Waals surface area contributed by atoms with Crippen molar-refractivity contribution in [1.82, 2.24) is 0 Å². The molecule has 0 aliphatic heterocycles. The van der Waals surface area contributed by atoms with Crippen LogP contribution < -0.4 is 0 Å². The first-order chi connectivity index (χ1) is 4.20. The van der Waals surface area contributed by atoms with E-state index >= 15 is 0 Å². The molecule has 0 bridgehead atoms. The Balaban J connectivity index is 2.35. The van der Waals surface area contributed by atoms with Gasteiger partial charge >= 0.3 is 0 Å². The van der Waals surface area contributed by atoms with Crippen LogP contribution in [0, 0.1) is 11.8 Å². The lowest BCUT2D eigenvalue weighted by molar-refractivity contribution is 0.0807. The lowest BCUT2D eigenvalue weighted by atomic mass is 9.80. The zero-order valence-corrected chi connectivity index (χ0v) is 6.30. The fraction of sp³-hybridized carbons (Fsp3) is 1.00. The molecule has 1 aliphatic carbocycles. The van der Waals surface area contributed by atoms with E-state index in [2.05, 4.69) is 13.8 Å². The van der Waals surface area contributed by atoms with Crippen LogP contribution in [0.1, 0.15) is 33.1 Å². The van der Waals surface area contributed by atoms with Gasteiger partial charge in [-0.15, -0.1) is 0 Å².